The molecular weight excluding hydrogens is 491 g/mol. The molecule has 2 aliphatic rings. The van der Waals surface area contributed by atoms with Crippen LogP contribution < -0.4 is 21.3 Å². The summed E-state index contributed by atoms with van der Waals surface area (Å²) in [7, 11) is 0. The molecule has 1 aliphatic heterocycles. The molecule has 0 aromatic carbocycles. The molecule has 4 amide bonds. The van der Waals surface area contributed by atoms with Crippen LogP contribution >= 0.6 is 0 Å². The Morgan fingerprint density at radius 1 is 1.00 bits per heavy atom. The SMILES string of the molecule is CC(CC1CC(C)(C)NC1=O)NC(=O)C(CC1CC1(F)F)NC(=O)C(NC(=O)C(F)(F)F)C(C)(C)C. The van der Waals surface area contributed by atoms with Gasteiger partial charge in [-0.1, -0.05) is 20.8 Å². The second-order valence-electron chi connectivity index (χ2n) is 11.6. The van der Waals surface area contributed by atoms with Crippen molar-refractivity contribution >= 4 is 23.6 Å². The zero-order chi connectivity index (χ0) is 27.9. The highest BCUT2D eigenvalue weighted by molar-refractivity contribution is 5.93. The molecule has 0 aromatic heterocycles. The van der Waals surface area contributed by atoms with Crippen LogP contribution in [-0.4, -0.2) is 59.4 Å². The monoisotopic (exact) mass is 526 g/mol. The molecular formula is C23H35F5N4O4. The molecule has 5 unspecified atom stereocenters. The summed E-state index contributed by atoms with van der Waals surface area (Å²) in [5.41, 5.74) is -1.59. The Hall–Kier alpha value is -2.47. The molecule has 2 fully saturated rings. The topological polar surface area (TPSA) is 116 Å². The van der Waals surface area contributed by atoms with Crippen molar-refractivity contribution in [3.8, 4) is 0 Å². The lowest BCUT2D eigenvalue weighted by Crippen LogP contribution is -2.59. The van der Waals surface area contributed by atoms with Crippen molar-refractivity contribution in [2.75, 3.05) is 0 Å². The number of hydrogen-bond donors (Lipinski definition) is 4. The summed E-state index contributed by atoms with van der Waals surface area (Å²) in [6, 6.07) is -3.71. The van der Waals surface area contributed by atoms with Crippen molar-refractivity contribution in [3.05, 3.63) is 0 Å². The largest absolute Gasteiger partial charge is 0.471 e. The fourth-order valence-corrected chi connectivity index (χ4v) is 4.40. The van der Waals surface area contributed by atoms with E-state index in [0.29, 0.717) is 6.42 Å². The Kier molecular flexibility index (Phi) is 8.37. The smallest absolute Gasteiger partial charge is 0.352 e. The molecule has 0 aromatic rings. The molecule has 206 valence electrons. The number of carbonyl (C=O) groups is 4. The Morgan fingerprint density at radius 2 is 1.56 bits per heavy atom. The molecule has 1 saturated heterocycles. The van der Waals surface area contributed by atoms with Crippen LogP contribution in [0.15, 0.2) is 0 Å². The molecule has 2 rings (SSSR count). The highest BCUT2D eigenvalue weighted by Crippen LogP contribution is 2.51. The molecule has 0 bridgehead atoms. The molecule has 0 radical (unpaired) electrons. The van der Waals surface area contributed by atoms with Gasteiger partial charge in [-0.05, 0) is 45.4 Å². The predicted octanol–water partition coefficient (Wildman–Crippen LogP) is 2.42. The van der Waals surface area contributed by atoms with E-state index in [0.717, 1.165) is 0 Å². The Balaban J connectivity index is 2.12. The Bertz CT molecular complexity index is 885. The van der Waals surface area contributed by atoms with E-state index in [9.17, 15) is 41.1 Å². The number of rotatable bonds is 9. The fourth-order valence-electron chi connectivity index (χ4n) is 4.40. The summed E-state index contributed by atoms with van der Waals surface area (Å²) in [5, 5.41) is 9.35. The van der Waals surface area contributed by atoms with Gasteiger partial charge in [0.1, 0.15) is 12.1 Å². The van der Waals surface area contributed by atoms with Crippen molar-refractivity contribution in [2.24, 2.45) is 17.3 Å². The average molecular weight is 527 g/mol. The van der Waals surface area contributed by atoms with Gasteiger partial charge in [0.25, 0.3) is 5.92 Å². The van der Waals surface area contributed by atoms with Gasteiger partial charge in [-0.2, -0.15) is 13.2 Å². The number of hydrogen-bond acceptors (Lipinski definition) is 4. The first-order chi connectivity index (χ1) is 16.1. The van der Waals surface area contributed by atoms with Crippen molar-refractivity contribution in [3.63, 3.8) is 0 Å². The van der Waals surface area contributed by atoms with Crippen molar-refractivity contribution < 1.29 is 41.1 Å². The summed E-state index contributed by atoms with van der Waals surface area (Å²) in [6.07, 6.45) is -5.35. The number of amides is 4. The fraction of sp³-hybridized carbons (Fsp3) is 0.826. The summed E-state index contributed by atoms with van der Waals surface area (Å²) in [4.78, 5) is 49.5. The van der Waals surface area contributed by atoms with E-state index < -0.39 is 77.7 Å². The minimum absolute atomic E-state index is 0.169. The molecule has 5 atom stereocenters. The lowest BCUT2D eigenvalue weighted by molar-refractivity contribution is -0.175. The summed E-state index contributed by atoms with van der Waals surface area (Å²) < 4.78 is 65.5. The first-order valence-electron chi connectivity index (χ1n) is 11.8. The van der Waals surface area contributed by atoms with E-state index >= 15 is 0 Å². The van der Waals surface area contributed by atoms with Gasteiger partial charge in [-0.3, -0.25) is 19.2 Å². The minimum atomic E-state index is -5.24. The van der Waals surface area contributed by atoms with Gasteiger partial charge in [-0.15, -0.1) is 0 Å². The van der Waals surface area contributed by atoms with E-state index in [4.69, 9.17) is 0 Å². The molecule has 4 N–H and O–H groups in total. The second-order valence-corrected chi connectivity index (χ2v) is 11.6. The molecule has 36 heavy (non-hydrogen) atoms. The van der Waals surface area contributed by atoms with E-state index in [1.807, 2.05) is 13.8 Å². The normalized spacial score (nSPS) is 25.2. The van der Waals surface area contributed by atoms with Crippen molar-refractivity contribution in [2.45, 2.75) is 103 Å². The van der Waals surface area contributed by atoms with E-state index in [2.05, 4.69) is 16.0 Å². The second kappa shape index (κ2) is 10.1. The van der Waals surface area contributed by atoms with Gasteiger partial charge in [0.05, 0.1) is 0 Å². The Labute approximate surface area is 206 Å². The summed E-state index contributed by atoms with van der Waals surface area (Å²) in [6.45, 7) is 9.58. The van der Waals surface area contributed by atoms with E-state index in [1.165, 1.54) is 20.8 Å². The van der Waals surface area contributed by atoms with Crippen LogP contribution in [0.3, 0.4) is 0 Å². The van der Waals surface area contributed by atoms with Crippen LogP contribution in [-0.2, 0) is 19.2 Å². The number of carbonyl (C=O) groups excluding carboxylic acids is 4. The van der Waals surface area contributed by atoms with Gasteiger partial charge < -0.3 is 21.3 Å². The van der Waals surface area contributed by atoms with Gasteiger partial charge in [0, 0.05) is 29.8 Å². The summed E-state index contributed by atoms with van der Waals surface area (Å²) >= 11 is 0. The number of halogens is 5. The lowest BCUT2D eigenvalue weighted by atomic mass is 9.85. The van der Waals surface area contributed by atoms with Crippen molar-refractivity contribution in [1.82, 2.24) is 21.3 Å². The maximum Gasteiger partial charge on any atom is 0.471 e. The van der Waals surface area contributed by atoms with Crippen LogP contribution in [0.1, 0.15) is 67.2 Å². The van der Waals surface area contributed by atoms with Crippen LogP contribution in [0.5, 0.6) is 0 Å². The van der Waals surface area contributed by atoms with Crippen molar-refractivity contribution in [1.29, 1.82) is 0 Å². The van der Waals surface area contributed by atoms with Crippen LogP contribution in [0.25, 0.3) is 0 Å². The van der Waals surface area contributed by atoms with Crippen LogP contribution in [0.4, 0.5) is 22.0 Å². The van der Waals surface area contributed by atoms with Gasteiger partial charge in [-0.25, -0.2) is 8.78 Å². The highest BCUT2D eigenvalue weighted by atomic mass is 19.4. The standard InChI is InChI=1S/C23H35F5N4O4/c1-11(7-12-9-21(5,6)32-16(12)33)29-17(34)14(8-13-10-22(13,24)25)30-18(35)15(20(2,3)4)31-19(36)23(26,27)28/h11-15H,7-10H2,1-6H3,(H,29,34)(H,30,35)(H,31,36)(H,32,33). The predicted molar refractivity (Wildman–Crippen MR) is 120 cm³/mol. The van der Waals surface area contributed by atoms with Gasteiger partial charge >= 0.3 is 12.1 Å². The molecule has 8 nitrogen and oxygen atoms in total. The first-order valence-corrected chi connectivity index (χ1v) is 11.8. The number of nitrogens with one attached hydrogen (secondary N) is 4. The zero-order valence-corrected chi connectivity index (χ0v) is 21.2. The molecule has 13 heteroatoms. The first kappa shape index (κ1) is 29.8. The third kappa shape index (κ3) is 8.02. The van der Waals surface area contributed by atoms with Gasteiger partial charge in [0.15, 0.2) is 0 Å². The molecule has 1 saturated carbocycles. The summed E-state index contributed by atoms with van der Waals surface area (Å²) in [5.74, 6) is -8.96. The minimum Gasteiger partial charge on any atom is -0.352 e. The van der Waals surface area contributed by atoms with E-state index in [1.54, 1.807) is 12.2 Å². The third-order valence-electron chi connectivity index (χ3n) is 6.39. The van der Waals surface area contributed by atoms with Crippen LogP contribution in [0.2, 0.25) is 0 Å². The van der Waals surface area contributed by atoms with Gasteiger partial charge in [0.2, 0.25) is 17.7 Å². The third-order valence-corrected chi connectivity index (χ3v) is 6.39. The zero-order valence-electron chi connectivity index (χ0n) is 21.2. The quantitative estimate of drug-likeness (QED) is 0.346. The molecule has 1 heterocycles. The highest BCUT2D eigenvalue weighted by Gasteiger charge is 2.58. The lowest BCUT2D eigenvalue weighted by Gasteiger charge is -2.32. The maximum atomic E-state index is 13.6. The molecule has 0 spiro atoms. The number of alkyl halides is 5. The Morgan fingerprint density at radius 3 is 1.97 bits per heavy atom. The average Bonchev–Trinajstić information content (AvgIpc) is 3.17. The van der Waals surface area contributed by atoms with Crippen LogP contribution in [0, 0.1) is 17.3 Å². The molecule has 1 aliphatic carbocycles. The maximum absolute atomic E-state index is 13.6. The van der Waals surface area contributed by atoms with E-state index in [-0.39, 0.29) is 18.2 Å².